The highest BCUT2D eigenvalue weighted by Gasteiger charge is 2.61. The van der Waals surface area contributed by atoms with E-state index >= 15 is 0 Å². The zero-order valence-corrected chi connectivity index (χ0v) is 13.6. The second-order valence-corrected chi connectivity index (χ2v) is 6.17. The molecule has 1 aliphatic heterocycles. The van der Waals surface area contributed by atoms with Gasteiger partial charge in [-0.2, -0.15) is 13.2 Å². The number of carbonyl (C=O) groups is 2. The molecule has 25 heavy (non-hydrogen) atoms. The third kappa shape index (κ3) is 2.94. The summed E-state index contributed by atoms with van der Waals surface area (Å²) in [6.45, 7) is 1.71. The van der Waals surface area contributed by atoms with Crippen LogP contribution in [0.25, 0.3) is 0 Å². The zero-order chi connectivity index (χ0) is 18.2. The van der Waals surface area contributed by atoms with E-state index in [0.717, 1.165) is 0 Å². The molecule has 0 bridgehead atoms. The summed E-state index contributed by atoms with van der Waals surface area (Å²) >= 11 is 0. The molecule has 1 aromatic rings. The van der Waals surface area contributed by atoms with Crippen LogP contribution in [0.1, 0.15) is 37.7 Å². The molecule has 0 spiro atoms. The highest BCUT2D eigenvalue weighted by Crippen LogP contribution is 2.53. The van der Waals surface area contributed by atoms with Crippen LogP contribution in [0.4, 0.5) is 13.2 Å². The molecule has 1 amide bonds. The number of ether oxygens (including phenoxy) is 2. The molecule has 1 N–H and O–H groups in total. The van der Waals surface area contributed by atoms with Crippen molar-refractivity contribution in [3.05, 3.63) is 29.8 Å². The van der Waals surface area contributed by atoms with Crippen molar-refractivity contribution < 1.29 is 32.2 Å². The summed E-state index contributed by atoms with van der Waals surface area (Å²) in [5.41, 5.74) is -1.08. The Morgan fingerprint density at radius 2 is 2.04 bits per heavy atom. The van der Waals surface area contributed by atoms with Gasteiger partial charge in [-0.25, -0.2) is 0 Å². The maximum absolute atomic E-state index is 12.9. The Morgan fingerprint density at radius 1 is 1.32 bits per heavy atom. The largest absolute Gasteiger partial charge is 0.471 e. The molecule has 8 heteroatoms. The number of alkyl halides is 3. The van der Waals surface area contributed by atoms with E-state index in [4.69, 9.17) is 9.47 Å². The maximum Gasteiger partial charge on any atom is 0.471 e. The summed E-state index contributed by atoms with van der Waals surface area (Å²) in [7, 11) is 0. The summed E-state index contributed by atoms with van der Waals surface area (Å²) < 4.78 is 49.5. The summed E-state index contributed by atoms with van der Waals surface area (Å²) in [5, 5.41) is 1.98. The van der Waals surface area contributed by atoms with Crippen molar-refractivity contribution in [2.24, 2.45) is 5.92 Å². The van der Waals surface area contributed by atoms with Crippen molar-refractivity contribution in [1.82, 2.24) is 5.32 Å². The van der Waals surface area contributed by atoms with E-state index in [1.165, 1.54) is 0 Å². The molecule has 5 nitrogen and oxygen atoms in total. The smallest absolute Gasteiger partial charge is 0.466 e. The minimum atomic E-state index is -5.08. The lowest BCUT2D eigenvalue weighted by Gasteiger charge is -2.43. The van der Waals surface area contributed by atoms with Gasteiger partial charge in [0.15, 0.2) is 0 Å². The molecule has 0 saturated heterocycles. The minimum absolute atomic E-state index is 0.0935. The summed E-state index contributed by atoms with van der Waals surface area (Å²) in [4.78, 5) is 24.1. The molecule has 0 aromatic heterocycles. The highest BCUT2D eigenvalue weighted by atomic mass is 19.4. The van der Waals surface area contributed by atoms with Crippen molar-refractivity contribution in [2.75, 3.05) is 6.61 Å². The lowest BCUT2D eigenvalue weighted by Crippen LogP contribution is -2.64. The van der Waals surface area contributed by atoms with E-state index in [1.54, 1.807) is 31.2 Å². The van der Waals surface area contributed by atoms with Gasteiger partial charge in [-0.1, -0.05) is 24.6 Å². The highest BCUT2D eigenvalue weighted by molar-refractivity contribution is 5.84. The van der Waals surface area contributed by atoms with E-state index in [0.29, 0.717) is 24.2 Å². The van der Waals surface area contributed by atoms with E-state index in [-0.39, 0.29) is 13.0 Å². The molecule has 1 fully saturated rings. The molecule has 136 valence electrons. The molecule has 1 heterocycles. The van der Waals surface area contributed by atoms with Crippen LogP contribution < -0.4 is 10.1 Å². The molecule has 0 radical (unpaired) electrons. The Labute approximate surface area is 142 Å². The summed E-state index contributed by atoms with van der Waals surface area (Å²) in [5.74, 6) is -3.96. The first-order valence-corrected chi connectivity index (χ1v) is 8.13. The lowest BCUT2D eigenvalue weighted by molar-refractivity contribution is -0.187. The molecule has 3 rings (SSSR count). The van der Waals surface area contributed by atoms with Crippen LogP contribution in [0.2, 0.25) is 0 Å². The Kier molecular flexibility index (Phi) is 4.38. The number of nitrogens with one attached hydrogen (secondary N) is 1. The number of para-hydroxylation sites is 1. The minimum Gasteiger partial charge on any atom is -0.466 e. The second-order valence-electron chi connectivity index (χ2n) is 6.17. The first-order valence-electron chi connectivity index (χ1n) is 8.13. The average molecular weight is 357 g/mol. The molecule has 2 aliphatic rings. The fourth-order valence-corrected chi connectivity index (χ4v) is 3.75. The van der Waals surface area contributed by atoms with Crippen LogP contribution in [-0.4, -0.2) is 30.4 Å². The van der Waals surface area contributed by atoms with Crippen molar-refractivity contribution in [2.45, 2.75) is 44.0 Å². The van der Waals surface area contributed by atoms with Crippen LogP contribution in [0.5, 0.6) is 5.75 Å². The van der Waals surface area contributed by atoms with Gasteiger partial charge < -0.3 is 14.8 Å². The predicted octanol–water partition coefficient (Wildman–Crippen LogP) is 2.90. The van der Waals surface area contributed by atoms with Crippen LogP contribution in [0, 0.1) is 5.92 Å². The Bertz CT molecular complexity index is 691. The number of fused-ring (bicyclic) bond motifs is 3. The number of hydrogen-bond acceptors (Lipinski definition) is 4. The van der Waals surface area contributed by atoms with Crippen LogP contribution >= 0.6 is 0 Å². The van der Waals surface area contributed by atoms with Crippen LogP contribution in [0.3, 0.4) is 0 Å². The van der Waals surface area contributed by atoms with Gasteiger partial charge in [0.2, 0.25) is 5.72 Å². The van der Waals surface area contributed by atoms with E-state index < -0.39 is 35.6 Å². The quantitative estimate of drug-likeness (QED) is 0.845. The Balaban J connectivity index is 2.04. The fraction of sp³-hybridized carbons (Fsp3) is 0.529. The Morgan fingerprint density at radius 3 is 2.72 bits per heavy atom. The first-order chi connectivity index (χ1) is 11.8. The van der Waals surface area contributed by atoms with Gasteiger partial charge >= 0.3 is 18.1 Å². The van der Waals surface area contributed by atoms with E-state index in [2.05, 4.69) is 0 Å². The number of hydrogen-bond donors (Lipinski definition) is 1. The standard InChI is InChI=1S/C17H18F3NO4/c1-2-24-14(22)12-8-5-7-11-10-6-3-4-9-13(10)25-16(11,12)21-15(23)17(18,19)20/h3-4,6,9,11-12H,2,5,7-8H2,1H3,(H,21,23)/t11-,12?,16+/m1/s1. The monoisotopic (exact) mass is 357 g/mol. The van der Waals surface area contributed by atoms with Crippen LogP contribution in [-0.2, 0) is 14.3 Å². The van der Waals surface area contributed by atoms with Gasteiger partial charge in [0.05, 0.1) is 6.61 Å². The molecular weight excluding hydrogens is 339 g/mol. The maximum atomic E-state index is 12.9. The van der Waals surface area contributed by atoms with Gasteiger partial charge in [0, 0.05) is 11.5 Å². The number of halogens is 3. The molecule has 1 saturated carbocycles. The normalized spacial score (nSPS) is 27.7. The van der Waals surface area contributed by atoms with Gasteiger partial charge in [-0.15, -0.1) is 0 Å². The van der Waals surface area contributed by atoms with Gasteiger partial charge in [-0.3, -0.25) is 9.59 Å². The van der Waals surface area contributed by atoms with Crippen molar-refractivity contribution in [1.29, 1.82) is 0 Å². The second kappa shape index (κ2) is 6.24. The van der Waals surface area contributed by atoms with Crippen molar-refractivity contribution >= 4 is 11.9 Å². The Hall–Kier alpha value is -2.25. The third-order valence-corrected chi connectivity index (χ3v) is 4.73. The molecule has 1 aliphatic carbocycles. The van der Waals surface area contributed by atoms with Crippen molar-refractivity contribution in [3.8, 4) is 5.75 Å². The van der Waals surface area contributed by atoms with Gasteiger partial charge in [-0.05, 0) is 25.8 Å². The average Bonchev–Trinajstić information content (AvgIpc) is 2.87. The SMILES string of the molecule is CCOC(=O)C1CCC[C@@H]2c3ccccc3O[C@]12NC(=O)C(F)(F)F. The summed E-state index contributed by atoms with van der Waals surface area (Å²) in [6.07, 6.45) is -3.67. The van der Waals surface area contributed by atoms with Crippen LogP contribution in [0.15, 0.2) is 24.3 Å². The fourth-order valence-electron chi connectivity index (χ4n) is 3.75. The predicted molar refractivity (Wildman–Crippen MR) is 80.7 cm³/mol. The third-order valence-electron chi connectivity index (χ3n) is 4.73. The number of amides is 1. The van der Waals surface area contributed by atoms with E-state index in [9.17, 15) is 22.8 Å². The van der Waals surface area contributed by atoms with Crippen molar-refractivity contribution in [3.63, 3.8) is 0 Å². The zero-order valence-electron chi connectivity index (χ0n) is 13.6. The number of esters is 1. The summed E-state index contributed by atoms with van der Waals surface area (Å²) in [6, 6.07) is 6.80. The molecule has 1 unspecified atom stereocenters. The van der Waals surface area contributed by atoms with E-state index in [1.807, 2.05) is 5.32 Å². The number of benzene rings is 1. The topological polar surface area (TPSA) is 64.6 Å². The molecular formula is C17H18F3NO4. The first kappa shape index (κ1) is 17.6. The van der Waals surface area contributed by atoms with Gasteiger partial charge in [0.25, 0.3) is 0 Å². The van der Waals surface area contributed by atoms with Gasteiger partial charge in [0.1, 0.15) is 11.7 Å². The lowest BCUT2D eigenvalue weighted by atomic mass is 9.72. The number of carbonyl (C=O) groups excluding carboxylic acids is 2. The molecule has 3 atom stereocenters. The number of rotatable bonds is 3. The molecule has 1 aromatic carbocycles.